The molecule has 0 aromatic heterocycles. The minimum absolute atomic E-state index is 0.688. The van der Waals surface area contributed by atoms with Crippen LogP contribution < -0.4 is 24.8 Å². The molecule has 2 heterocycles. The number of nitrogens with zero attached hydrogens (tertiary/aromatic N) is 4. The maximum Gasteiger partial charge on any atom is 0.122 e. The topological polar surface area (TPSA) is 43.3 Å². The Morgan fingerprint density at radius 2 is 1.47 bits per heavy atom. The summed E-state index contributed by atoms with van der Waals surface area (Å²) in [7, 11) is 1.72. The van der Waals surface area contributed by atoms with Crippen molar-refractivity contribution in [2.45, 2.75) is 105 Å². The van der Waals surface area contributed by atoms with Crippen molar-refractivity contribution in [3.05, 3.63) is 101 Å². The summed E-state index contributed by atoms with van der Waals surface area (Å²) in [5.41, 5.74) is 10.5. The molecule has 0 spiro atoms. The molecular formula is C47H67N5O. The van der Waals surface area contributed by atoms with Gasteiger partial charge in [0.1, 0.15) is 11.6 Å². The van der Waals surface area contributed by atoms with E-state index in [9.17, 15) is 0 Å². The van der Waals surface area contributed by atoms with Gasteiger partial charge >= 0.3 is 0 Å². The van der Waals surface area contributed by atoms with Crippen molar-refractivity contribution in [2.75, 3.05) is 59.9 Å². The van der Waals surface area contributed by atoms with Crippen LogP contribution in [0.1, 0.15) is 103 Å². The van der Waals surface area contributed by atoms with Crippen LogP contribution in [0.4, 0.5) is 22.7 Å². The van der Waals surface area contributed by atoms with Gasteiger partial charge in [0.2, 0.25) is 0 Å². The fourth-order valence-corrected chi connectivity index (χ4v) is 8.25. The van der Waals surface area contributed by atoms with E-state index in [2.05, 4.69) is 133 Å². The van der Waals surface area contributed by atoms with Crippen molar-refractivity contribution in [1.82, 2.24) is 0 Å². The van der Waals surface area contributed by atoms with Gasteiger partial charge in [-0.05, 0) is 148 Å². The SMILES string of the molecule is C=C(/N=C\C(CCCCC)=C(/C)CC)Nc1ccc(N2CCC(C3CCN(c4ccc(N(CCC)Cc5ccc(OC)cc5)c(C)c4)CC3)CC2)cc1. The van der Waals surface area contributed by atoms with Crippen LogP contribution in [0.3, 0.4) is 0 Å². The van der Waals surface area contributed by atoms with Gasteiger partial charge in [0.05, 0.1) is 7.11 Å². The minimum Gasteiger partial charge on any atom is -0.497 e. The molecule has 1 N–H and O–H groups in total. The summed E-state index contributed by atoms with van der Waals surface area (Å²) >= 11 is 0. The molecule has 0 bridgehead atoms. The number of unbranched alkanes of at least 4 members (excludes halogenated alkanes) is 2. The standard InChI is InChI=1S/C47H67N5O/c1-8-11-12-13-42(36(4)10-3)34-48-38(6)49-43-16-18-44(19-17-43)50-29-24-40(25-30-50)41-26-31-51(32-27-41)45-20-23-47(37(5)33-45)52(28-9-2)35-39-14-21-46(53-7)22-15-39/h14-23,33-34,40-41,49H,6,8-13,24-32,35H2,1-5,7H3/b42-36+,48-34-. The lowest BCUT2D eigenvalue weighted by molar-refractivity contribution is 0.233. The van der Waals surface area contributed by atoms with E-state index in [0.717, 1.165) is 81.8 Å². The highest BCUT2D eigenvalue weighted by Gasteiger charge is 2.30. The highest BCUT2D eigenvalue weighted by molar-refractivity contribution is 5.80. The van der Waals surface area contributed by atoms with Gasteiger partial charge in [-0.3, -0.25) is 0 Å². The molecular weight excluding hydrogens is 651 g/mol. The molecule has 6 heteroatoms. The Morgan fingerprint density at radius 1 is 0.849 bits per heavy atom. The fraction of sp³-hybridized carbons (Fsp3) is 0.511. The Hall–Kier alpha value is -4.19. The van der Waals surface area contributed by atoms with Gasteiger partial charge < -0.3 is 24.8 Å². The number of allylic oxidation sites excluding steroid dienone is 2. The van der Waals surface area contributed by atoms with E-state index in [0.29, 0.717) is 5.82 Å². The van der Waals surface area contributed by atoms with Crippen LogP contribution in [-0.4, -0.2) is 46.0 Å². The molecule has 53 heavy (non-hydrogen) atoms. The van der Waals surface area contributed by atoms with Gasteiger partial charge in [0, 0.05) is 68.2 Å². The number of rotatable bonds is 18. The van der Waals surface area contributed by atoms with Gasteiger partial charge in [0.25, 0.3) is 0 Å². The molecule has 2 aliphatic heterocycles. The smallest absolute Gasteiger partial charge is 0.122 e. The molecule has 5 rings (SSSR count). The maximum atomic E-state index is 5.37. The monoisotopic (exact) mass is 718 g/mol. The van der Waals surface area contributed by atoms with Crippen molar-refractivity contribution >= 4 is 29.0 Å². The highest BCUT2D eigenvalue weighted by atomic mass is 16.5. The highest BCUT2D eigenvalue weighted by Crippen LogP contribution is 2.36. The molecule has 0 amide bonds. The quantitative estimate of drug-likeness (QED) is 0.105. The third kappa shape index (κ3) is 11.4. The minimum atomic E-state index is 0.688. The van der Waals surface area contributed by atoms with E-state index in [-0.39, 0.29) is 0 Å². The van der Waals surface area contributed by atoms with Crippen LogP contribution in [0, 0.1) is 18.8 Å². The summed E-state index contributed by atoms with van der Waals surface area (Å²) in [5.74, 6) is 3.26. The maximum absolute atomic E-state index is 5.37. The average Bonchev–Trinajstić information content (AvgIpc) is 3.19. The molecule has 3 aromatic carbocycles. The Labute approximate surface area is 322 Å². The Balaban J connectivity index is 1.07. The first-order chi connectivity index (χ1) is 25.8. The van der Waals surface area contributed by atoms with E-state index < -0.39 is 0 Å². The molecule has 286 valence electrons. The molecule has 2 fully saturated rings. The van der Waals surface area contributed by atoms with Gasteiger partial charge in [0.15, 0.2) is 0 Å². The number of aryl methyl sites for hydroxylation is 1. The summed E-state index contributed by atoms with van der Waals surface area (Å²) in [4.78, 5) is 12.4. The Bertz CT molecular complexity index is 1630. The summed E-state index contributed by atoms with van der Waals surface area (Å²) < 4.78 is 5.37. The third-order valence-corrected chi connectivity index (χ3v) is 11.7. The first-order valence-electron chi connectivity index (χ1n) is 20.6. The number of anilines is 4. The predicted octanol–water partition coefficient (Wildman–Crippen LogP) is 11.8. The van der Waals surface area contributed by atoms with Crippen LogP contribution in [-0.2, 0) is 6.54 Å². The summed E-state index contributed by atoms with van der Waals surface area (Å²) in [6.07, 6.45) is 14.2. The second-order valence-corrected chi connectivity index (χ2v) is 15.4. The number of methoxy groups -OCH3 is 1. The van der Waals surface area contributed by atoms with Crippen LogP contribution in [0.25, 0.3) is 0 Å². The Morgan fingerprint density at radius 3 is 2.04 bits per heavy atom. The fourth-order valence-electron chi connectivity index (χ4n) is 8.25. The number of aliphatic imine (C=N–C) groups is 1. The van der Waals surface area contributed by atoms with Gasteiger partial charge in [-0.1, -0.05) is 57.9 Å². The molecule has 0 radical (unpaired) electrons. The van der Waals surface area contributed by atoms with Crippen molar-refractivity contribution in [1.29, 1.82) is 0 Å². The number of hydrogen-bond acceptors (Lipinski definition) is 6. The molecule has 0 aliphatic carbocycles. The Kier molecular flexibility index (Phi) is 15.3. The lowest BCUT2D eigenvalue weighted by atomic mass is 9.78. The second-order valence-electron chi connectivity index (χ2n) is 15.4. The summed E-state index contributed by atoms with van der Waals surface area (Å²) in [5, 5.41) is 3.40. The van der Waals surface area contributed by atoms with E-state index >= 15 is 0 Å². The van der Waals surface area contributed by atoms with Crippen molar-refractivity contribution in [3.8, 4) is 5.75 Å². The molecule has 0 atom stereocenters. The number of hydrogen-bond donors (Lipinski definition) is 1. The molecule has 6 nitrogen and oxygen atoms in total. The van der Waals surface area contributed by atoms with Gasteiger partial charge in [-0.2, -0.15) is 0 Å². The number of piperidine rings is 2. The largest absolute Gasteiger partial charge is 0.497 e. The van der Waals surface area contributed by atoms with E-state index in [1.165, 1.54) is 84.3 Å². The van der Waals surface area contributed by atoms with Crippen molar-refractivity contribution in [2.24, 2.45) is 16.8 Å². The lowest BCUT2D eigenvalue weighted by Crippen LogP contribution is -2.41. The summed E-state index contributed by atoms with van der Waals surface area (Å²) in [6, 6.07) is 24.5. The average molecular weight is 718 g/mol. The van der Waals surface area contributed by atoms with Crippen molar-refractivity contribution < 1.29 is 4.74 Å². The molecule has 2 aliphatic rings. The van der Waals surface area contributed by atoms with E-state index in [1.807, 2.05) is 6.21 Å². The van der Waals surface area contributed by atoms with Crippen LogP contribution in [0.5, 0.6) is 5.75 Å². The third-order valence-electron chi connectivity index (χ3n) is 11.7. The zero-order chi connectivity index (χ0) is 37.6. The lowest BCUT2D eigenvalue weighted by Gasteiger charge is -2.41. The number of nitrogens with one attached hydrogen (secondary N) is 1. The predicted molar refractivity (Wildman–Crippen MR) is 230 cm³/mol. The number of benzene rings is 3. The molecule has 0 unspecified atom stereocenters. The first-order valence-corrected chi connectivity index (χ1v) is 20.6. The van der Waals surface area contributed by atoms with E-state index in [1.54, 1.807) is 7.11 Å². The second kappa shape index (κ2) is 20.3. The molecule has 0 saturated carbocycles. The van der Waals surface area contributed by atoms with E-state index in [4.69, 9.17) is 4.74 Å². The normalized spacial score (nSPS) is 16.2. The number of ether oxygens (including phenoxy) is 1. The zero-order valence-electron chi connectivity index (χ0n) is 33.8. The van der Waals surface area contributed by atoms with Crippen LogP contribution in [0.15, 0.2) is 95.3 Å². The molecule has 3 aromatic rings. The van der Waals surface area contributed by atoms with Gasteiger partial charge in [-0.15, -0.1) is 0 Å². The molecule has 2 saturated heterocycles. The van der Waals surface area contributed by atoms with Crippen LogP contribution in [0.2, 0.25) is 0 Å². The summed E-state index contributed by atoms with van der Waals surface area (Å²) in [6.45, 7) is 22.0. The zero-order valence-corrected chi connectivity index (χ0v) is 33.8. The van der Waals surface area contributed by atoms with Gasteiger partial charge in [-0.25, -0.2) is 4.99 Å². The van der Waals surface area contributed by atoms with Crippen molar-refractivity contribution in [3.63, 3.8) is 0 Å². The first kappa shape index (κ1) is 40.0. The van der Waals surface area contributed by atoms with Crippen LogP contribution >= 0.6 is 0 Å².